The van der Waals surface area contributed by atoms with Gasteiger partial charge in [0, 0.05) is 6.54 Å². The third-order valence-corrected chi connectivity index (χ3v) is 1.09. The monoisotopic (exact) mass is 175 g/mol. The number of nitrogens with one attached hydrogen (secondary N) is 1. The second-order valence-electron chi connectivity index (χ2n) is 3.22. The van der Waals surface area contributed by atoms with Gasteiger partial charge in [0.15, 0.2) is 0 Å². The van der Waals surface area contributed by atoms with Crippen LogP contribution in [0, 0.1) is 5.92 Å². The van der Waals surface area contributed by atoms with Crippen molar-refractivity contribution in [1.29, 1.82) is 0 Å². The maximum absolute atomic E-state index is 10.8. The maximum atomic E-state index is 10.8. The lowest BCUT2D eigenvalue weighted by Crippen LogP contribution is -2.31. The molecule has 0 aliphatic rings. The van der Waals surface area contributed by atoms with Gasteiger partial charge in [0.1, 0.15) is 0 Å². The van der Waals surface area contributed by atoms with Gasteiger partial charge in [-0.05, 0) is 12.8 Å². The van der Waals surface area contributed by atoms with Crippen LogP contribution in [-0.2, 0) is 4.74 Å². The number of carbonyl (C=O) groups excluding carboxylic acids is 1. The van der Waals surface area contributed by atoms with E-state index in [1.807, 2.05) is 13.8 Å². The van der Waals surface area contributed by atoms with E-state index in [0.29, 0.717) is 12.5 Å². The summed E-state index contributed by atoms with van der Waals surface area (Å²) in [5, 5.41) is 11.2. The van der Waals surface area contributed by atoms with Crippen molar-refractivity contribution in [3.8, 4) is 0 Å². The van der Waals surface area contributed by atoms with Gasteiger partial charge in [0.25, 0.3) is 0 Å². The molecule has 2 N–H and O–H groups in total. The Morgan fingerprint density at radius 2 is 2.08 bits per heavy atom. The Kier molecular flexibility index (Phi) is 5.45. The van der Waals surface area contributed by atoms with Gasteiger partial charge in [-0.1, -0.05) is 13.8 Å². The Balaban J connectivity index is 3.34. The second-order valence-corrected chi connectivity index (χ2v) is 3.22. The number of ether oxygens (including phenoxy) is 1. The van der Waals surface area contributed by atoms with E-state index in [4.69, 9.17) is 9.84 Å². The Morgan fingerprint density at radius 3 is 2.50 bits per heavy atom. The zero-order valence-corrected chi connectivity index (χ0v) is 7.83. The van der Waals surface area contributed by atoms with Gasteiger partial charge in [0.05, 0.1) is 12.7 Å². The molecule has 0 spiro atoms. The minimum atomic E-state index is -0.531. The Labute approximate surface area is 72.9 Å². The van der Waals surface area contributed by atoms with Crippen molar-refractivity contribution in [3.63, 3.8) is 0 Å². The molecule has 1 amide bonds. The second kappa shape index (κ2) is 5.83. The molecule has 0 bridgehead atoms. The molecule has 0 aliphatic carbocycles. The predicted molar refractivity (Wildman–Crippen MR) is 45.9 cm³/mol. The molecular weight excluding hydrogens is 158 g/mol. The number of rotatable bonds is 4. The van der Waals surface area contributed by atoms with Gasteiger partial charge in [-0.25, -0.2) is 4.79 Å². The summed E-state index contributed by atoms with van der Waals surface area (Å²) >= 11 is 0. The standard InChI is InChI=1S/C8H17NO3/c1-6(2)5-12-8(11)9-4-7(3)10/h6-7,10H,4-5H2,1-3H3,(H,9,11)/t7-/m1/s1. The largest absolute Gasteiger partial charge is 0.449 e. The van der Waals surface area contributed by atoms with Crippen LogP contribution in [0.4, 0.5) is 4.79 Å². The molecule has 0 saturated carbocycles. The van der Waals surface area contributed by atoms with Gasteiger partial charge in [0.2, 0.25) is 0 Å². The van der Waals surface area contributed by atoms with Gasteiger partial charge in [-0.15, -0.1) is 0 Å². The Bertz CT molecular complexity index is 120. The van der Waals surface area contributed by atoms with E-state index in [1.54, 1.807) is 6.92 Å². The minimum absolute atomic E-state index is 0.233. The molecule has 0 aromatic carbocycles. The van der Waals surface area contributed by atoms with E-state index in [9.17, 15) is 4.79 Å². The van der Waals surface area contributed by atoms with Crippen molar-refractivity contribution in [3.05, 3.63) is 0 Å². The van der Waals surface area contributed by atoms with Crippen molar-refractivity contribution in [2.75, 3.05) is 13.2 Å². The third-order valence-electron chi connectivity index (χ3n) is 1.09. The molecule has 72 valence electrons. The first-order valence-electron chi connectivity index (χ1n) is 4.11. The lowest BCUT2D eigenvalue weighted by Gasteiger charge is -2.09. The number of hydrogen-bond donors (Lipinski definition) is 2. The van der Waals surface area contributed by atoms with Crippen LogP contribution in [0.15, 0.2) is 0 Å². The molecule has 0 fully saturated rings. The number of aliphatic hydroxyl groups excluding tert-OH is 1. The number of hydrogen-bond acceptors (Lipinski definition) is 3. The predicted octanol–water partition coefficient (Wildman–Crippen LogP) is 0.749. The molecule has 4 nitrogen and oxygen atoms in total. The lowest BCUT2D eigenvalue weighted by atomic mass is 10.2. The van der Waals surface area contributed by atoms with E-state index in [-0.39, 0.29) is 6.54 Å². The van der Waals surface area contributed by atoms with Crippen LogP contribution in [0.1, 0.15) is 20.8 Å². The van der Waals surface area contributed by atoms with Gasteiger partial charge >= 0.3 is 6.09 Å². The van der Waals surface area contributed by atoms with Gasteiger partial charge in [-0.2, -0.15) is 0 Å². The fourth-order valence-corrected chi connectivity index (χ4v) is 0.524. The summed E-state index contributed by atoms with van der Waals surface area (Å²) in [4.78, 5) is 10.8. The summed E-state index contributed by atoms with van der Waals surface area (Å²) in [7, 11) is 0. The molecular formula is C8H17NO3. The fraction of sp³-hybridized carbons (Fsp3) is 0.875. The van der Waals surface area contributed by atoms with Gasteiger partial charge < -0.3 is 15.2 Å². The molecule has 0 rings (SSSR count). The Morgan fingerprint density at radius 1 is 1.50 bits per heavy atom. The zero-order valence-electron chi connectivity index (χ0n) is 7.83. The van der Waals surface area contributed by atoms with E-state index >= 15 is 0 Å². The van der Waals surface area contributed by atoms with Crippen LogP contribution < -0.4 is 5.32 Å². The molecule has 0 aliphatic heterocycles. The molecule has 0 unspecified atom stereocenters. The highest BCUT2D eigenvalue weighted by Crippen LogP contribution is 1.92. The average molecular weight is 175 g/mol. The van der Waals surface area contributed by atoms with Crippen LogP contribution >= 0.6 is 0 Å². The quantitative estimate of drug-likeness (QED) is 0.662. The Hall–Kier alpha value is -0.770. The average Bonchev–Trinajstić information content (AvgIpc) is 1.96. The smallest absolute Gasteiger partial charge is 0.407 e. The summed E-state index contributed by atoms with van der Waals surface area (Å²) in [6.45, 7) is 6.16. The van der Waals surface area contributed by atoms with Gasteiger partial charge in [-0.3, -0.25) is 0 Å². The van der Waals surface area contributed by atoms with Crippen LogP contribution in [0.5, 0.6) is 0 Å². The SMILES string of the molecule is CC(C)COC(=O)NC[C@@H](C)O. The first-order valence-corrected chi connectivity index (χ1v) is 4.11. The third kappa shape index (κ3) is 7.34. The molecule has 0 saturated heterocycles. The van der Waals surface area contributed by atoms with Crippen LogP contribution in [0.25, 0.3) is 0 Å². The number of amides is 1. The van der Waals surface area contributed by atoms with Crippen molar-refractivity contribution in [2.24, 2.45) is 5.92 Å². The van der Waals surface area contributed by atoms with Crippen molar-refractivity contribution in [2.45, 2.75) is 26.9 Å². The first kappa shape index (κ1) is 11.2. The highest BCUT2D eigenvalue weighted by molar-refractivity contribution is 5.67. The lowest BCUT2D eigenvalue weighted by molar-refractivity contribution is 0.124. The van der Waals surface area contributed by atoms with E-state index in [2.05, 4.69) is 5.32 Å². The van der Waals surface area contributed by atoms with Crippen LogP contribution in [0.3, 0.4) is 0 Å². The topological polar surface area (TPSA) is 58.6 Å². The van der Waals surface area contributed by atoms with Crippen LogP contribution in [-0.4, -0.2) is 30.5 Å². The summed E-state index contributed by atoms with van der Waals surface area (Å²) < 4.78 is 4.79. The number of carbonyl (C=O) groups is 1. The number of alkyl carbamates (subject to hydrolysis) is 1. The molecule has 12 heavy (non-hydrogen) atoms. The van der Waals surface area contributed by atoms with Crippen LogP contribution in [0.2, 0.25) is 0 Å². The zero-order chi connectivity index (χ0) is 9.56. The van der Waals surface area contributed by atoms with E-state index in [0.717, 1.165) is 0 Å². The molecule has 0 heterocycles. The van der Waals surface area contributed by atoms with E-state index < -0.39 is 12.2 Å². The molecule has 0 aromatic rings. The molecule has 4 heteroatoms. The summed E-state index contributed by atoms with van der Waals surface area (Å²) in [6.07, 6.45) is -0.999. The van der Waals surface area contributed by atoms with Crippen molar-refractivity contribution in [1.82, 2.24) is 5.32 Å². The molecule has 0 aromatic heterocycles. The summed E-state index contributed by atoms with van der Waals surface area (Å²) in [5.74, 6) is 0.335. The minimum Gasteiger partial charge on any atom is -0.449 e. The molecule has 0 radical (unpaired) electrons. The summed E-state index contributed by atoms with van der Waals surface area (Å²) in [6, 6.07) is 0. The normalized spacial score (nSPS) is 12.8. The first-order chi connectivity index (χ1) is 5.52. The highest BCUT2D eigenvalue weighted by Gasteiger charge is 2.03. The highest BCUT2D eigenvalue weighted by atomic mass is 16.5. The molecule has 1 atom stereocenters. The van der Waals surface area contributed by atoms with Crippen molar-refractivity contribution >= 4 is 6.09 Å². The van der Waals surface area contributed by atoms with E-state index in [1.165, 1.54) is 0 Å². The fourth-order valence-electron chi connectivity index (χ4n) is 0.524. The van der Waals surface area contributed by atoms with Crippen molar-refractivity contribution < 1.29 is 14.6 Å². The maximum Gasteiger partial charge on any atom is 0.407 e. The summed E-state index contributed by atoms with van der Waals surface area (Å²) in [5.41, 5.74) is 0. The number of aliphatic hydroxyl groups is 1.